The summed E-state index contributed by atoms with van der Waals surface area (Å²) in [6.07, 6.45) is 3.17. The van der Waals surface area contributed by atoms with Crippen LogP contribution in [0.2, 0.25) is 0 Å². The Morgan fingerprint density at radius 3 is 2.54 bits per heavy atom. The minimum absolute atomic E-state index is 0.0273. The van der Waals surface area contributed by atoms with E-state index in [0.29, 0.717) is 0 Å². The fourth-order valence-corrected chi connectivity index (χ4v) is 3.61. The zero-order valence-electron chi connectivity index (χ0n) is 13.8. The number of likely N-dealkylation sites (tertiary alicyclic amines) is 1. The second-order valence-corrected chi connectivity index (χ2v) is 7.45. The second kappa shape index (κ2) is 8.01. The van der Waals surface area contributed by atoms with Gasteiger partial charge >= 0.3 is 0 Å². The molecule has 1 saturated heterocycles. The van der Waals surface area contributed by atoms with Crippen molar-refractivity contribution >= 4 is 28.5 Å². The van der Waals surface area contributed by atoms with Crippen LogP contribution in [0.4, 0.5) is 0 Å². The van der Waals surface area contributed by atoms with Crippen LogP contribution in [0.1, 0.15) is 36.5 Å². The van der Waals surface area contributed by atoms with E-state index in [0.717, 1.165) is 40.7 Å². The lowest BCUT2D eigenvalue weighted by Crippen LogP contribution is -2.50. The molecule has 0 radical (unpaired) electrons. The average molecular weight is 435 g/mol. The van der Waals surface area contributed by atoms with Crippen molar-refractivity contribution < 1.29 is 9.53 Å². The van der Waals surface area contributed by atoms with Crippen molar-refractivity contribution in [2.45, 2.75) is 38.3 Å². The highest BCUT2D eigenvalue weighted by Crippen LogP contribution is 2.25. The molecule has 0 aromatic heterocycles. The number of halogens is 1. The molecule has 2 atom stereocenters. The minimum atomic E-state index is -0.0273. The molecule has 0 N–H and O–H groups in total. The van der Waals surface area contributed by atoms with Gasteiger partial charge in [-0.15, -0.1) is 0 Å². The van der Waals surface area contributed by atoms with E-state index in [1.54, 1.807) is 0 Å². The number of piperidine rings is 1. The van der Waals surface area contributed by atoms with Crippen LogP contribution in [-0.2, 0) is 0 Å². The summed E-state index contributed by atoms with van der Waals surface area (Å²) in [6.45, 7) is 2.87. The van der Waals surface area contributed by atoms with Crippen molar-refractivity contribution in [1.82, 2.24) is 4.90 Å². The molecule has 1 amide bonds. The number of hydrogen-bond acceptors (Lipinski definition) is 2. The van der Waals surface area contributed by atoms with Crippen molar-refractivity contribution in [3.8, 4) is 5.75 Å². The number of benzene rings is 2. The molecule has 4 heteroatoms. The van der Waals surface area contributed by atoms with E-state index in [1.165, 1.54) is 0 Å². The summed E-state index contributed by atoms with van der Waals surface area (Å²) in [4.78, 5) is 14.9. The van der Waals surface area contributed by atoms with E-state index in [-0.39, 0.29) is 18.1 Å². The summed E-state index contributed by atoms with van der Waals surface area (Å²) in [7, 11) is 0. The molecule has 1 fully saturated rings. The molecule has 0 aliphatic carbocycles. The van der Waals surface area contributed by atoms with Crippen LogP contribution in [0, 0.1) is 3.57 Å². The third kappa shape index (κ3) is 4.09. The first-order chi connectivity index (χ1) is 11.6. The van der Waals surface area contributed by atoms with Gasteiger partial charge in [-0.2, -0.15) is 0 Å². The third-order valence-corrected chi connectivity index (χ3v) is 5.23. The van der Waals surface area contributed by atoms with Gasteiger partial charge in [-0.1, -0.05) is 18.2 Å². The summed E-state index contributed by atoms with van der Waals surface area (Å²) in [5.74, 6) is 0.969. The van der Waals surface area contributed by atoms with Crippen molar-refractivity contribution in [2.24, 2.45) is 0 Å². The quantitative estimate of drug-likeness (QED) is 0.649. The summed E-state index contributed by atoms with van der Waals surface area (Å²) in [6, 6.07) is 17.8. The average Bonchev–Trinajstić information content (AvgIpc) is 2.62. The zero-order valence-corrected chi connectivity index (χ0v) is 16.0. The van der Waals surface area contributed by atoms with Crippen LogP contribution in [0.15, 0.2) is 54.6 Å². The molecule has 3 rings (SSSR count). The van der Waals surface area contributed by atoms with E-state index >= 15 is 0 Å². The molecular weight excluding hydrogens is 413 g/mol. The molecule has 126 valence electrons. The highest BCUT2D eigenvalue weighted by molar-refractivity contribution is 14.1. The van der Waals surface area contributed by atoms with Crippen LogP contribution in [0.25, 0.3) is 0 Å². The van der Waals surface area contributed by atoms with Crippen LogP contribution in [0.3, 0.4) is 0 Å². The topological polar surface area (TPSA) is 29.5 Å². The minimum Gasteiger partial charge on any atom is -0.489 e. The first-order valence-electron chi connectivity index (χ1n) is 8.43. The maximum atomic E-state index is 12.9. The van der Waals surface area contributed by atoms with Gasteiger partial charge in [0.2, 0.25) is 0 Å². The number of nitrogens with zero attached hydrogens (tertiary/aromatic N) is 1. The number of para-hydroxylation sites is 1. The Bertz CT molecular complexity index is 672. The number of carbonyl (C=O) groups is 1. The van der Waals surface area contributed by atoms with Crippen LogP contribution >= 0.6 is 22.6 Å². The van der Waals surface area contributed by atoms with E-state index in [2.05, 4.69) is 29.5 Å². The Balaban J connectivity index is 1.75. The van der Waals surface area contributed by atoms with Gasteiger partial charge in [0.1, 0.15) is 11.9 Å². The molecule has 2 aromatic rings. The molecule has 1 aliphatic rings. The molecule has 1 aliphatic heterocycles. The Kier molecular flexibility index (Phi) is 5.76. The summed E-state index contributed by atoms with van der Waals surface area (Å²) >= 11 is 2.26. The Morgan fingerprint density at radius 1 is 1.12 bits per heavy atom. The zero-order chi connectivity index (χ0) is 16.9. The lowest BCUT2D eigenvalue weighted by Gasteiger charge is -2.39. The molecule has 0 saturated carbocycles. The number of carbonyl (C=O) groups excluding carboxylic acids is 1. The van der Waals surface area contributed by atoms with Gasteiger partial charge in [-0.05, 0) is 85.2 Å². The van der Waals surface area contributed by atoms with Crippen molar-refractivity contribution in [1.29, 1.82) is 0 Å². The van der Waals surface area contributed by atoms with Gasteiger partial charge in [-0.3, -0.25) is 4.79 Å². The van der Waals surface area contributed by atoms with Crippen LogP contribution in [-0.4, -0.2) is 29.5 Å². The van der Waals surface area contributed by atoms with Gasteiger partial charge in [-0.25, -0.2) is 0 Å². The van der Waals surface area contributed by atoms with Crippen molar-refractivity contribution in [3.05, 3.63) is 63.7 Å². The first-order valence-corrected chi connectivity index (χ1v) is 9.51. The van der Waals surface area contributed by atoms with Gasteiger partial charge in [0.25, 0.3) is 5.91 Å². The van der Waals surface area contributed by atoms with E-state index in [1.807, 2.05) is 59.5 Å². The maximum absolute atomic E-state index is 12.9. The van der Waals surface area contributed by atoms with E-state index in [4.69, 9.17) is 4.74 Å². The second-order valence-electron chi connectivity index (χ2n) is 6.20. The lowest BCUT2D eigenvalue weighted by atomic mass is 9.97. The number of hydrogen-bond donors (Lipinski definition) is 0. The predicted octanol–water partition coefficient (Wildman–Crippen LogP) is 4.75. The Hall–Kier alpha value is -1.56. The predicted molar refractivity (Wildman–Crippen MR) is 104 cm³/mol. The molecule has 0 spiro atoms. The largest absolute Gasteiger partial charge is 0.489 e. The highest BCUT2D eigenvalue weighted by atomic mass is 127. The maximum Gasteiger partial charge on any atom is 0.254 e. The van der Waals surface area contributed by atoms with Crippen LogP contribution < -0.4 is 4.74 Å². The number of ether oxygens (including phenoxy) is 1. The SMILES string of the molecule is CC(Oc1ccccc1)C1CCCCN1C(=O)c1ccc(I)cc1. The monoisotopic (exact) mass is 435 g/mol. The van der Waals surface area contributed by atoms with Gasteiger partial charge < -0.3 is 9.64 Å². The van der Waals surface area contributed by atoms with E-state index < -0.39 is 0 Å². The standard InChI is InChI=1S/C20H22INO2/c1-15(24-18-7-3-2-4-8-18)19-9-5-6-14-22(19)20(23)16-10-12-17(21)13-11-16/h2-4,7-8,10-13,15,19H,5-6,9,14H2,1H3. The normalized spacial score (nSPS) is 18.9. The molecule has 2 aromatic carbocycles. The molecule has 3 nitrogen and oxygen atoms in total. The number of rotatable bonds is 4. The summed E-state index contributed by atoms with van der Waals surface area (Å²) in [5.41, 5.74) is 0.759. The molecule has 0 bridgehead atoms. The fraction of sp³-hybridized carbons (Fsp3) is 0.350. The third-order valence-electron chi connectivity index (χ3n) is 4.51. The molecular formula is C20H22INO2. The Morgan fingerprint density at radius 2 is 1.83 bits per heavy atom. The van der Waals surface area contributed by atoms with Crippen molar-refractivity contribution in [2.75, 3.05) is 6.54 Å². The molecule has 2 unspecified atom stereocenters. The van der Waals surface area contributed by atoms with Gasteiger partial charge in [0.05, 0.1) is 6.04 Å². The fourth-order valence-electron chi connectivity index (χ4n) is 3.25. The number of amides is 1. The van der Waals surface area contributed by atoms with Gasteiger partial charge in [0.15, 0.2) is 0 Å². The Labute approximate surface area is 157 Å². The van der Waals surface area contributed by atoms with E-state index in [9.17, 15) is 4.79 Å². The summed E-state index contributed by atoms with van der Waals surface area (Å²) < 4.78 is 7.23. The smallest absolute Gasteiger partial charge is 0.254 e. The highest BCUT2D eigenvalue weighted by Gasteiger charge is 2.32. The van der Waals surface area contributed by atoms with Crippen molar-refractivity contribution in [3.63, 3.8) is 0 Å². The summed E-state index contributed by atoms with van der Waals surface area (Å²) in [5, 5.41) is 0. The first kappa shape index (κ1) is 17.3. The lowest BCUT2D eigenvalue weighted by molar-refractivity contribution is 0.0353. The molecule has 24 heavy (non-hydrogen) atoms. The van der Waals surface area contributed by atoms with Crippen LogP contribution in [0.5, 0.6) is 5.75 Å². The molecule has 1 heterocycles. The van der Waals surface area contributed by atoms with Gasteiger partial charge in [0, 0.05) is 15.7 Å².